The van der Waals surface area contributed by atoms with Crippen molar-refractivity contribution in [2.24, 2.45) is 0 Å². The maximum absolute atomic E-state index is 11.8. The molecule has 1 N–H and O–H groups in total. The average Bonchev–Trinajstić information content (AvgIpc) is 2.41. The van der Waals surface area contributed by atoms with Crippen molar-refractivity contribution in [3.05, 3.63) is 57.2 Å². The van der Waals surface area contributed by atoms with Crippen molar-refractivity contribution in [2.75, 3.05) is 11.9 Å². The van der Waals surface area contributed by atoms with Crippen LogP contribution in [0, 0.1) is 17.4 Å². The SMILES string of the molecule is Cc1ccc(NC(=O)COc2cccc(I)c2)cc1C. The zero-order valence-corrected chi connectivity index (χ0v) is 13.6. The highest BCUT2D eigenvalue weighted by molar-refractivity contribution is 14.1. The van der Waals surface area contributed by atoms with Gasteiger partial charge in [0.25, 0.3) is 5.91 Å². The third-order valence-electron chi connectivity index (χ3n) is 2.96. The smallest absolute Gasteiger partial charge is 0.262 e. The molecule has 0 aliphatic rings. The van der Waals surface area contributed by atoms with E-state index in [9.17, 15) is 4.79 Å². The zero-order chi connectivity index (χ0) is 14.5. The molecule has 0 bridgehead atoms. The quantitative estimate of drug-likeness (QED) is 0.816. The Morgan fingerprint density at radius 2 is 1.95 bits per heavy atom. The monoisotopic (exact) mass is 381 g/mol. The number of benzene rings is 2. The zero-order valence-electron chi connectivity index (χ0n) is 11.4. The Morgan fingerprint density at radius 3 is 2.65 bits per heavy atom. The average molecular weight is 381 g/mol. The summed E-state index contributed by atoms with van der Waals surface area (Å²) in [7, 11) is 0. The summed E-state index contributed by atoms with van der Waals surface area (Å²) in [6.45, 7) is 4.07. The number of nitrogens with one attached hydrogen (secondary N) is 1. The molecule has 0 spiro atoms. The molecule has 2 aromatic rings. The summed E-state index contributed by atoms with van der Waals surface area (Å²) in [5.41, 5.74) is 3.16. The van der Waals surface area contributed by atoms with E-state index in [4.69, 9.17) is 4.74 Å². The lowest BCUT2D eigenvalue weighted by Crippen LogP contribution is -2.20. The van der Waals surface area contributed by atoms with Crippen LogP contribution in [0.25, 0.3) is 0 Å². The van der Waals surface area contributed by atoms with Crippen LogP contribution in [0.4, 0.5) is 5.69 Å². The van der Waals surface area contributed by atoms with Gasteiger partial charge in [0, 0.05) is 9.26 Å². The largest absolute Gasteiger partial charge is 0.484 e. The number of halogens is 1. The fraction of sp³-hybridized carbons (Fsp3) is 0.188. The summed E-state index contributed by atoms with van der Waals surface area (Å²) < 4.78 is 6.54. The van der Waals surface area contributed by atoms with E-state index in [1.165, 1.54) is 5.56 Å². The second kappa shape index (κ2) is 6.74. The summed E-state index contributed by atoms with van der Waals surface area (Å²) in [4.78, 5) is 11.8. The first-order valence-electron chi connectivity index (χ1n) is 6.30. The van der Waals surface area contributed by atoms with Gasteiger partial charge in [-0.1, -0.05) is 12.1 Å². The molecule has 0 saturated carbocycles. The van der Waals surface area contributed by atoms with Crippen LogP contribution in [-0.2, 0) is 4.79 Å². The van der Waals surface area contributed by atoms with E-state index < -0.39 is 0 Å². The fourth-order valence-electron chi connectivity index (χ4n) is 1.72. The molecule has 4 heteroatoms. The molecule has 0 aliphatic heterocycles. The van der Waals surface area contributed by atoms with Gasteiger partial charge in [-0.3, -0.25) is 4.79 Å². The molecule has 2 rings (SSSR count). The molecule has 0 aromatic heterocycles. The van der Waals surface area contributed by atoms with Crippen molar-refractivity contribution in [3.8, 4) is 5.75 Å². The maximum atomic E-state index is 11.8. The van der Waals surface area contributed by atoms with Crippen LogP contribution in [0.15, 0.2) is 42.5 Å². The van der Waals surface area contributed by atoms with Gasteiger partial charge in [0.15, 0.2) is 6.61 Å². The number of hydrogen-bond acceptors (Lipinski definition) is 2. The Morgan fingerprint density at radius 1 is 1.15 bits per heavy atom. The van der Waals surface area contributed by atoms with Gasteiger partial charge in [-0.25, -0.2) is 0 Å². The van der Waals surface area contributed by atoms with Crippen LogP contribution in [-0.4, -0.2) is 12.5 Å². The molecule has 0 aliphatic carbocycles. The second-order valence-electron chi connectivity index (χ2n) is 4.59. The molecule has 20 heavy (non-hydrogen) atoms. The number of carbonyl (C=O) groups is 1. The number of rotatable bonds is 4. The third-order valence-corrected chi connectivity index (χ3v) is 3.63. The molecule has 0 heterocycles. The molecule has 3 nitrogen and oxygen atoms in total. The van der Waals surface area contributed by atoms with Crippen LogP contribution in [0.1, 0.15) is 11.1 Å². The normalized spacial score (nSPS) is 10.2. The van der Waals surface area contributed by atoms with Gasteiger partial charge in [-0.05, 0) is 77.9 Å². The summed E-state index contributed by atoms with van der Waals surface area (Å²) in [5.74, 6) is 0.541. The predicted octanol–water partition coefficient (Wildman–Crippen LogP) is 3.93. The molecular weight excluding hydrogens is 365 g/mol. The van der Waals surface area contributed by atoms with Gasteiger partial charge in [-0.2, -0.15) is 0 Å². The highest BCUT2D eigenvalue weighted by Gasteiger charge is 2.05. The van der Waals surface area contributed by atoms with Crippen LogP contribution < -0.4 is 10.1 Å². The lowest BCUT2D eigenvalue weighted by atomic mass is 10.1. The minimum atomic E-state index is -0.160. The molecule has 0 atom stereocenters. The maximum Gasteiger partial charge on any atom is 0.262 e. The van der Waals surface area contributed by atoms with Crippen molar-refractivity contribution < 1.29 is 9.53 Å². The Kier molecular flexibility index (Phi) is 5.00. The highest BCUT2D eigenvalue weighted by Crippen LogP contribution is 2.16. The van der Waals surface area contributed by atoms with Crippen molar-refractivity contribution in [3.63, 3.8) is 0 Å². The molecule has 0 radical (unpaired) electrons. The van der Waals surface area contributed by atoms with Crippen molar-refractivity contribution in [1.82, 2.24) is 0 Å². The third kappa shape index (κ3) is 4.23. The van der Waals surface area contributed by atoms with E-state index >= 15 is 0 Å². The summed E-state index contributed by atoms with van der Waals surface area (Å²) in [6.07, 6.45) is 0. The van der Waals surface area contributed by atoms with Crippen LogP contribution in [0.2, 0.25) is 0 Å². The van der Waals surface area contributed by atoms with E-state index in [-0.39, 0.29) is 12.5 Å². The topological polar surface area (TPSA) is 38.3 Å². The first-order valence-corrected chi connectivity index (χ1v) is 7.38. The number of amides is 1. The first-order chi connectivity index (χ1) is 9.54. The minimum Gasteiger partial charge on any atom is -0.484 e. The molecule has 0 fully saturated rings. The second-order valence-corrected chi connectivity index (χ2v) is 5.84. The van der Waals surface area contributed by atoms with Gasteiger partial charge in [0.2, 0.25) is 0 Å². The van der Waals surface area contributed by atoms with Crippen LogP contribution >= 0.6 is 22.6 Å². The first kappa shape index (κ1) is 14.8. The van der Waals surface area contributed by atoms with E-state index in [2.05, 4.69) is 27.9 Å². The molecule has 2 aromatic carbocycles. The predicted molar refractivity (Wildman–Crippen MR) is 89.2 cm³/mol. The van der Waals surface area contributed by atoms with Crippen LogP contribution in [0.3, 0.4) is 0 Å². The van der Waals surface area contributed by atoms with E-state index in [1.54, 1.807) is 0 Å². The van der Waals surface area contributed by atoms with Crippen molar-refractivity contribution in [1.29, 1.82) is 0 Å². The van der Waals surface area contributed by atoms with Crippen molar-refractivity contribution >= 4 is 34.2 Å². The summed E-state index contributed by atoms with van der Waals surface area (Å²) >= 11 is 2.21. The van der Waals surface area contributed by atoms with Crippen molar-refractivity contribution in [2.45, 2.75) is 13.8 Å². The number of aryl methyl sites for hydroxylation is 2. The fourth-order valence-corrected chi connectivity index (χ4v) is 2.24. The molecule has 0 saturated heterocycles. The number of carbonyl (C=O) groups excluding carboxylic acids is 1. The Balaban J connectivity index is 1.91. The van der Waals surface area contributed by atoms with Gasteiger partial charge in [0.05, 0.1) is 0 Å². The van der Waals surface area contributed by atoms with Gasteiger partial charge in [0.1, 0.15) is 5.75 Å². The number of anilines is 1. The van der Waals surface area contributed by atoms with Gasteiger partial charge >= 0.3 is 0 Å². The number of ether oxygens (including phenoxy) is 1. The molecular formula is C16H16INO2. The Hall–Kier alpha value is -1.56. The van der Waals surface area contributed by atoms with E-state index in [0.717, 1.165) is 14.8 Å². The standard InChI is InChI=1S/C16H16INO2/c1-11-6-7-14(8-12(11)2)18-16(19)10-20-15-5-3-4-13(17)9-15/h3-9H,10H2,1-2H3,(H,18,19). The van der Waals surface area contributed by atoms with Crippen LogP contribution in [0.5, 0.6) is 5.75 Å². The van der Waals surface area contributed by atoms with E-state index in [0.29, 0.717) is 5.75 Å². The molecule has 0 unspecified atom stereocenters. The highest BCUT2D eigenvalue weighted by atomic mass is 127. The molecule has 104 valence electrons. The summed E-state index contributed by atoms with van der Waals surface area (Å²) in [5, 5.41) is 2.83. The lowest BCUT2D eigenvalue weighted by molar-refractivity contribution is -0.118. The summed E-state index contributed by atoms with van der Waals surface area (Å²) in [6, 6.07) is 13.5. The Labute approximate surface area is 132 Å². The minimum absolute atomic E-state index is 0.00696. The van der Waals surface area contributed by atoms with E-state index in [1.807, 2.05) is 56.3 Å². The van der Waals surface area contributed by atoms with Gasteiger partial charge < -0.3 is 10.1 Å². The number of hydrogen-bond donors (Lipinski definition) is 1. The lowest BCUT2D eigenvalue weighted by Gasteiger charge is -2.09. The molecule has 1 amide bonds. The Bertz CT molecular complexity index is 626. The van der Waals surface area contributed by atoms with Gasteiger partial charge in [-0.15, -0.1) is 0 Å².